The molecule has 0 saturated heterocycles. The van der Waals surface area contributed by atoms with E-state index in [1.54, 1.807) is 0 Å². The van der Waals surface area contributed by atoms with E-state index < -0.39 is 0 Å². The van der Waals surface area contributed by atoms with Crippen molar-refractivity contribution in [1.29, 1.82) is 0 Å². The molecule has 3 aliphatic carbocycles. The maximum absolute atomic E-state index is 1.50. The Bertz CT molecular complexity index is 64.0. The molecule has 3 aliphatic rings. The zero-order chi connectivity index (χ0) is 10.6. The van der Waals surface area contributed by atoms with E-state index in [2.05, 4.69) is 0 Å². The summed E-state index contributed by atoms with van der Waals surface area (Å²) in [6.45, 7) is 0. The first-order valence-electron chi connectivity index (χ1n) is 7.50. The smallest absolute Gasteiger partial charge is 0 e. The Morgan fingerprint density at radius 2 is 0.250 bits per heavy atom. The van der Waals surface area contributed by atoms with E-state index in [1.807, 2.05) is 0 Å². The molecule has 0 amide bonds. The average molecular weight is 361 g/mol. The first-order valence-corrected chi connectivity index (χ1v) is 7.50. The van der Waals surface area contributed by atoms with E-state index in [-0.39, 0.29) is 40.4 Å². The van der Waals surface area contributed by atoms with Crippen LogP contribution >= 0.6 is 0 Å². The Balaban J connectivity index is 0.000000205. The van der Waals surface area contributed by atoms with Gasteiger partial charge in [0.1, 0.15) is 0 Å². The van der Waals surface area contributed by atoms with Gasteiger partial charge in [-0.1, -0.05) is 96.3 Å². The van der Waals surface area contributed by atoms with Gasteiger partial charge in [-0.2, -0.15) is 0 Å². The van der Waals surface area contributed by atoms with Crippen molar-refractivity contribution in [3.05, 3.63) is 0 Å². The van der Waals surface area contributed by atoms with E-state index in [0.29, 0.717) is 0 Å². The van der Waals surface area contributed by atoms with Crippen LogP contribution in [0.4, 0.5) is 0 Å². The van der Waals surface area contributed by atoms with Gasteiger partial charge in [0.25, 0.3) is 0 Å². The van der Waals surface area contributed by atoms with Crippen LogP contribution in [-0.2, 0) is 0 Å². The summed E-state index contributed by atoms with van der Waals surface area (Å²) in [4.78, 5) is 0. The third-order valence-electron chi connectivity index (χ3n) is 3.75. The van der Waals surface area contributed by atoms with E-state index in [9.17, 15) is 0 Å². The van der Waals surface area contributed by atoms with Gasteiger partial charge in [0.15, 0.2) is 0 Å². The summed E-state index contributed by atoms with van der Waals surface area (Å²) in [5.74, 6) is 0. The molecule has 0 unspecified atom stereocenters. The predicted octanol–water partition coefficient (Wildman–Crippen LogP) is 5.85. The summed E-state index contributed by atoms with van der Waals surface area (Å²) in [6, 6.07) is 0. The molecule has 16 heavy (non-hydrogen) atoms. The summed E-state index contributed by atoms with van der Waals surface area (Å²) in [5, 5.41) is 0. The molecule has 3 rings (SSSR count). The quantitative estimate of drug-likeness (QED) is 0.508. The molecule has 0 aromatic carbocycles. The summed E-state index contributed by atoms with van der Waals surface area (Å²) < 4.78 is 0. The Labute approximate surface area is 135 Å². The second-order valence-electron chi connectivity index (χ2n) is 5.30. The minimum absolute atomic E-state index is 0. The van der Waals surface area contributed by atoms with E-state index in [0.717, 1.165) is 0 Å². The topological polar surface area (TPSA) is 0 Å². The van der Waals surface area contributed by atoms with Crippen LogP contribution < -0.4 is 0 Å². The average Bonchev–Trinajstić information content (AvgIpc) is 3.09. The fourth-order valence-electron chi connectivity index (χ4n) is 2.65. The number of hydrogen-bond acceptors (Lipinski definition) is 0. The van der Waals surface area contributed by atoms with Gasteiger partial charge in [0.05, 0.1) is 0 Å². The molecule has 3 saturated carbocycles. The zero-order valence-corrected chi connectivity index (χ0v) is 13.6. The van der Waals surface area contributed by atoms with Crippen molar-refractivity contribution in [1.82, 2.24) is 0 Å². The Morgan fingerprint density at radius 3 is 0.312 bits per heavy atom. The van der Waals surface area contributed by atoms with Gasteiger partial charge in [-0.3, -0.25) is 0 Å². The van der Waals surface area contributed by atoms with Crippen molar-refractivity contribution in [3.63, 3.8) is 0 Å². The van der Waals surface area contributed by atoms with Crippen LogP contribution in [0.5, 0.6) is 0 Å². The predicted molar refractivity (Wildman–Crippen MR) is 69.3 cm³/mol. The maximum atomic E-state index is 1.50. The molecular weight excluding hydrogens is 331 g/mol. The molecule has 96 valence electrons. The van der Waals surface area contributed by atoms with Crippen molar-refractivity contribution in [2.75, 3.05) is 0 Å². The van der Waals surface area contributed by atoms with Gasteiger partial charge < -0.3 is 0 Å². The molecule has 3 fully saturated rings. The fourth-order valence-corrected chi connectivity index (χ4v) is 2.65. The van der Waals surface area contributed by atoms with Crippen molar-refractivity contribution >= 4 is 0 Å². The SMILES string of the molecule is C1CCCC1.C1CCCC1.C1CCCC1.[Sm]. The normalized spacial score (nSPS) is 22.5. The largest absolute Gasteiger partial charge is 0.0533 e. The molecule has 0 N–H and O–H groups in total. The van der Waals surface area contributed by atoms with Gasteiger partial charge in [0.2, 0.25) is 0 Å². The van der Waals surface area contributed by atoms with Crippen LogP contribution in [0.2, 0.25) is 0 Å². The van der Waals surface area contributed by atoms with Crippen molar-refractivity contribution < 1.29 is 40.4 Å². The van der Waals surface area contributed by atoms with Crippen LogP contribution in [-0.4, -0.2) is 0 Å². The number of hydrogen-bond donors (Lipinski definition) is 0. The van der Waals surface area contributed by atoms with Crippen LogP contribution in [0.15, 0.2) is 0 Å². The van der Waals surface area contributed by atoms with Crippen molar-refractivity contribution in [3.8, 4) is 0 Å². The standard InChI is InChI=1S/3C5H10.Sm/c3*1-2-4-5-3-1;/h3*1-5H2;. The van der Waals surface area contributed by atoms with Crippen LogP contribution in [0.3, 0.4) is 0 Å². The molecule has 0 heterocycles. The van der Waals surface area contributed by atoms with Crippen LogP contribution in [0.1, 0.15) is 96.3 Å². The zero-order valence-electron chi connectivity index (χ0n) is 11.0. The maximum Gasteiger partial charge on any atom is 0 e. The fraction of sp³-hybridized carbons (Fsp3) is 1.00. The van der Waals surface area contributed by atoms with Gasteiger partial charge >= 0.3 is 0 Å². The summed E-state index contributed by atoms with van der Waals surface area (Å²) in [5.41, 5.74) is 0. The van der Waals surface area contributed by atoms with Crippen molar-refractivity contribution in [2.45, 2.75) is 96.3 Å². The van der Waals surface area contributed by atoms with Gasteiger partial charge in [-0.25, -0.2) is 0 Å². The molecule has 0 atom stereocenters. The molecular formula is C15H30Sm. The van der Waals surface area contributed by atoms with Crippen LogP contribution in [0.25, 0.3) is 0 Å². The Morgan fingerprint density at radius 1 is 0.188 bits per heavy atom. The second-order valence-corrected chi connectivity index (χ2v) is 5.30. The molecule has 0 aromatic heterocycles. The summed E-state index contributed by atoms with van der Waals surface area (Å²) >= 11 is 0. The molecule has 0 aromatic rings. The van der Waals surface area contributed by atoms with E-state index in [1.165, 1.54) is 96.3 Å². The second kappa shape index (κ2) is 14.4. The van der Waals surface area contributed by atoms with Gasteiger partial charge in [0, 0.05) is 40.4 Å². The molecule has 0 aliphatic heterocycles. The van der Waals surface area contributed by atoms with E-state index >= 15 is 0 Å². The summed E-state index contributed by atoms with van der Waals surface area (Å²) in [6.07, 6.45) is 22.5. The number of rotatable bonds is 0. The van der Waals surface area contributed by atoms with E-state index in [4.69, 9.17) is 0 Å². The summed E-state index contributed by atoms with van der Waals surface area (Å²) in [7, 11) is 0. The van der Waals surface area contributed by atoms with Crippen LogP contribution in [0, 0.1) is 40.4 Å². The first-order chi connectivity index (χ1) is 7.50. The molecule has 0 radical (unpaired) electrons. The third kappa shape index (κ3) is 11.8. The molecule has 0 bridgehead atoms. The molecule has 1 heteroatoms. The Hall–Kier alpha value is 1.34. The third-order valence-corrected chi connectivity index (χ3v) is 3.75. The molecule has 0 spiro atoms. The van der Waals surface area contributed by atoms with Crippen molar-refractivity contribution in [2.24, 2.45) is 0 Å². The molecule has 0 nitrogen and oxygen atoms in total. The monoisotopic (exact) mass is 362 g/mol. The minimum atomic E-state index is 0. The first kappa shape index (κ1) is 17.3. The van der Waals surface area contributed by atoms with Gasteiger partial charge in [-0.05, 0) is 0 Å². The Kier molecular flexibility index (Phi) is 15.6. The van der Waals surface area contributed by atoms with Gasteiger partial charge in [-0.15, -0.1) is 0 Å². The minimum Gasteiger partial charge on any atom is -0.0533 e.